The predicted octanol–water partition coefficient (Wildman–Crippen LogP) is 15.2. The van der Waals surface area contributed by atoms with Crippen LogP contribution >= 0.6 is 69.6 Å². The Bertz CT molecular complexity index is 3830. The molecule has 83 heavy (non-hydrogen) atoms. The average molecular weight is 1250 g/mol. The molecular weight excluding hydrogens is 1200 g/mol. The Hall–Kier alpha value is -5.82. The van der Waals surface area contributed by atoms with Crippen LogP contribution in [0.25, 0.3) is 27.4 Å². The molecule has 4 unspecified atom stereocenters. The third-order valence-corrected chi connectivity index (χ3v) is 16.0. The number of carbonyl (C=O) groups is 1. The van der Waals surface area contributed by atoms with Crippen LogP contribution in [0.15, 0.2) is 119 Å². The van der Waals surface area contributed by atoms with Gasteiger partial charge in [-0.3, -0.25) is 0 Å². The fraction of sp³-hybridized carbons (Fsp3) is 0.250. The molecule has 4 aromatic heterocycles. The maximum Gasteiger partial charge on any atom is 1.00 e. The summed E-state index contributed by atoms with van der Waals surface area (Å²) in [6.45, 7) is 9.29. The van der Waals surface area contributed by atoms with Gasteiger partial charge in [0.15, 0.2) is 0 Å². The van der Waals surface area contributed by atoms with Crippen molar-refractivity contribution in [3.05, 3.63) is 202 Å². The molecule has 0 amide bonds. The van der Waals surface area contributed by atoms with Crippen molar-refractivity contribution >= 4 is 81.4 Å². The molecule has 19 heteroatoms. The maximum atomic E-state index is 11.1. The van der Waals surface area contributed by atoms with Crippen LogP contribution in [0.4, 0.5) is 5.82 Å². The van der Waals surface area contributed by atoms with E-state index in [1.807, 2.05) is 48.5 Å². The smallest absolute Gasteiger partial charge is 0.870 e. The van der Waals surface area contributed by atoms with E-state index in [-0.39, 0.29) is 95.0 Å². The second-order valence-corrected chi connectivity index (χ2v) is 21.9. The van der Waals surface area contributed by atoms with Crippen molar-refractivity contribution in [2.75, 3.05) is 0 Å². The molecule has 4 aliphatic rings. The number of benzene rings is 4. The first-order chi connectivity index (χ1) is 38.8. The Morgan fingerprint density at radius 2 is 1.11 bits per heavy atom. The standard InChI is InChI=1S/C28H20Cl3N3O2.C28H21Cl3N2O4.C7H4.CH4.K.H2O/c1-32-25-10-7-16(13-33-25)19-12-20(19)18-9-8-17(11-24(18)31)35-14-21-27(34-36-28(21)15-5-6-15)26-22(29)3-2-4-23(26)30;29-21-2-1-3-22(30)25(21)26-20(27(37-33-26)14-4-5-14)13-36-16-7-8-17(23(31)10-16)19-11-18(19)15-6-9-24(28(34)35)32-12-15;1-3-5-7-6-4-2;;;/h2-4,7-11,13,15,19-20H,5-6,12,14H2;1-3,6-10,12,14,18-19H,4-5,11,13H2,(H,34,35);1H,2H3;1H4;;1H2/q;;;;+1;/p-1. The zero-order valence-electron chi connectivity index (χ0n) is 44.0. The van der Waals surface area contributed by atoms with Gasteiger partial charge in [-0.1, -0.05) is 136 Å². The molecule has 416 valence electrons. The summed E-state index contributed by atoms with van der Waals surface area (Å²) >= 11 is 39.2. The van der Waals surface area contributed by atoms with Crippen molar-refractivity contribution in [1.82, 2.24) is 20.3 Å². The fourth-order valence-electron chi connectivity index (χ4n) is 9.58. The largest absolute Gasteiger partial charge is 1.00 e. The van der Waals surface area contributed by atoms with Crippen LogP contribution in [0.3, 0.4) is 0 Å². The minimum atomic E-state index is -1.03. The van der Waals surface area contributed by atoms with E-state index in [0.717, 1.165) is 83.4 Å². The van der Waals surface area contributed by atoms with Crippen molar-refractivity contribution in [3.63, 3.8) is 0 Å². The molecule has 2 N–H and O–H groups in total. The number of halogens is 6. The zero-order valence-corrected chi connectivity index (χ0v) is 51.7. The molecule has 0 aliphatic heterocycles. The Balaban J connectivity index is 0.000000207. The number of pyridine rings is 2. The van der Waals surface area contributed by atoms with Crippen LogP contribution in [0.1, 0.15) is 144 Å². The number of ether oxygens (including phenoxy) is 2. The maximum absolute atomic E-state index is 11.1. The molecule has 8 aromatic rings. The van der Waals surface area contributed by atoms with E-state index in [0.29, 0.717) is 93.6 Å². The van der Waals surface area contributed by atoms with Crippen molar-refractivity contribution in [3.8, 4) is 70.0 Å². The molecule has 4 aromatic carbocycles. The molecule has 0 bridgehead atoms. The van der Waals surface area contributed by atoms with Gasteiger partial charge in [-0.25, -0.2) is 9.78 Å². The molecule has 12 rings (SSSR count). The molecule has 4 heterocycles. The molecule has 12 nitrogen and oxygen atoms in total. The van der Waals surface area contributed by atoms with Gasteiger partial charge in [0.25, 0.3) is 5.82 Å². The summed E-state index contributed by atoms with van der Waals surface area (Å²) in [7, 11) is 0. The van der Waals surface area contributed by atoms with Crippen LogP contribution in [0.2, 0.25) is 30.1 Å². The topological polar surface area (TPSA) is 168 Å². The van der Waals surface area contributed by atoms with Crippen molar-refractivity contribution in [1.29, 1.82) is 0 Å². The van der Waals surface area contributed by atoms with Gasteiger partial charge >= 0.3 is 57.4 Å². The van der Waals surface area contributed by atoms with E-state index in [9.17, 15) is 4.79 Å². The number of rotatable bonds is 15. The Morgan fingerprint density at radius 3 is 1.47 bits per heavy atom. The Kier molecular flexibility index (Phi) is 22.9. The van der Waals surface area contributed by atoms with E-state index in [1.54, 1.807) is 61.8 Å². The summed E-state index contributed by atoms with van der Waals surface area (Å²) in [5.74, 6) is 16.2. The van der Waals surface area contributed by atoms with Gasteiger partial charge in [0.05, 0.1) is 31.2 Å². The van der Waals surface area contributed by atoms with Gasteiger partial charge in [0.1, 0.15) is 59.5 Å². The molecular formula is C64H50Cl6KN5O7. The zero-order chi connectivity index (χ0) is 56.0. The van der Waals surface area contributed by atoms with Crippen LogP contribution in [0.5, 0.6) is 11.5 Å². The third kappa shape index (κ3) is 15.5. The van der Waals surface area contributed by atoms with Crippen molar-refractivity contribution in [2.45, 2.75) is 102 Å². The quantitative estimate of drug-likeness (QED) is 0.0589. The minimum Gasteiger partial charge on any atom is -0.870 e. The van der Waals surface area contributed by atoms with Gasteiger partial charge in [-0.15, -0.1) is 11.4 Å². The van der Waals surface area contributed by atoms with E-state index in [4.69, 9.17) is 106 Å². The second kappa shape index (κ2) is 29.3. The van der Waals surface area contributed by atoms with Gasteiger partial charge < -0.3 is 33.9 Å². The molecule has 0 radical (unpaired) electrons. The van der Waals surface area contributed by atoms with E-state index in [1.165, 1.54) is 6.07 Å². The summed E-state index contributed by atoms with van der Waals surface area (Å²) in [4.78, 5) is 22.6. The number of aromatic carboxylic acids is 1. The normalized spacial score (nSPS) is 16.6. The number of nitrogens with zero attached hydrogens (tertiary/aromatic N) is 5. The second-order valence-electron chi connectivity index (χ2n) is 19.4. The van der Waals surface area contributed by atoms with Crippen LogP contribution in [0, 0.1) is 42.6 Å². The fourth-order valence-corrected chi connectivity index (χ4v) is 11.4. The summed E-state index contributed by atoms with van der Waals surface area (Å²) in [5.41, 5.74) is 8.54. The first-order valence-corrected chi connectivity index (χ1v) is 27.7. The SMILES string of the molecule is C.C#CC#CC#CC.O=C(O)c1ccc(C2CC2c2ccc(OCc3c(-c4c(Cl)cccc4Cl)noc3C3CC3)cc2Cl)cn1.[C-]#[N+]c1ccc(C2CC2c2ccc(OCc3c(-c4c(Cl)cccc4Cl)noc3C3CC3)cc2Cl)cn1.[K+].[OH-]. The van der Waals surface area contributed by atoms with Gasteiger partial charge in [0, 0.05) is 39.2 Å². The minimum absolute atomic E-state index is 0. The molecule has 4 atom stereocenters. The number of aromatic nitrogens is 4. The Morgan fingerprint density at radius 1 is 0.651 bits per heavy atom. The molecule has 0 saturated heterocycles. The summed E-state index contributed by atoms with van der Waals surface area (Å²) in [5, 5.41) is 21.0. The van der Waals surface area contributed by atoms with Gasteiger partial charge in [0.2, 0.25) is 0 Å². The number of terminal acetylenes is 1. The number of carboxylic acids is 1. The number of hydrogen-bond donors (Lipinski definition) is 1. The summed E-state index contributed by atoms with van der Waals surface area (Å²) < 4.78 is 23.8. The van der Waals surface area contributed by atoms with Crippen LogP contribution < -0.4 is 60.9 Å². The first kappa shape index (κ1) is 64.7. The number of hydrogen-bond acceptors (Lipinski definition) is 10. The van der Waals surface area contributed by atoms with Gasteiger partial charge in [-0.2, -0.15) is 0 Å². The predicted molar refractivity (Wildman–Crippen MR) is 320 cm³/mol. The molecule has 0 spiro atoms. The van der Waals surface area contributed by atoms with Crippen LogP contribution in [-0.2, 0) is 13.2 Å². The van der Waals surface area contributed by atoms with E-state index >= 15 is 0 Å². The third-order valence-electron chi connectivity index (χ3n) is 14.1. The van der Waals surface area contributed by atoms with Crippen molar-refractivity contribution < 1.29 is 85.3 Å². The average Bonchev–Trinajstić information content (AvgIpc) is 4.38. The van der Waals surface area contributed by atoms with E-state index in [2.05, 4.69) is 54.7 Å². The monoisotopic (exact) mass is 1250 g/mol. The Labute approximate surface area is 554 Å². The molecule has 4 saturated carbocycles. The molecule has 4 fully saturated rings. The first-order valence-electron chi connectivity index (χ1n) is 25.5. The summed E-state index contributed by atoms with van der Waals surface area (Å²) in [6, 6.07) is 29.4. The van der Waals surface area contributed by atoms with Crippen LogP contribution in [-0.4, -0.2) is 36.8 Å². The van der Waals surface area contributed by atoms with Crippen molar-refractivity contribution in [2.24, 2.45) is 0 Å². The summed E-state index contributed by atoms with van der Waals surface area (Å²) in [6.07, 6.45) is 14.4. The number of carboxylic acid groups (broad SMARTS) is 1. The molecule has 4 aliphatic carbocycles. The van der Waals surface area contributed by atoms with E-state index < -0.39 is 5.97 Å². The van der Waals surface area contributed by atoms with Gasteiger partial charge in [-0.05, 0) is 176 Å².